The lowest BCUT2D eigenvalue weighted by atomic mass is 9.81. The van der Waals surface area contributed by atoms with E-state index in [0.29, 0.717) is 24.8 Å². The Morgan fingerprint density at radius 3 is 2.63 bits per heavy atom. The van der Waals surface area contributed by atoms with E-state index < -0.39 is 0 Å². The summed E-state index contributed by atoms with van der Waals surface area (Å²) in [6.07, 6.45) is 5.76. The molecule has 0 radical (unpaired) electrons. The van der Waals surface area contributed by atoms with Crippen LogP contribution in [-0.4, -0.2) is 57.8 Å². The molecule has 1 saturated carbocycles. The first-order valence-corrected chi connectivity index (χ1v) is 9.68. The minimum Gasteiger partial charge on any atom is -0.485 e. The van der Waals surface area contributed by atoms with Crippen LogP contribution < -0.4 is 4.74 Å². The van der Waals surface area contributed by atoms with E-state index in [0.717, 1.165) is 37.0 Å². The summed E-state index contributed by atoms with van der Waals surface area (Å²) >= 11 is 0. The number of amides is 1. The topological polar surface area (TPSA) is 50.6 Å². The number of rotatable bonds is 2. The molecule has 2 aliphatic rings. The third-order valence-corrected chi connectivity index (χ3v) is 6.06. The number of nitrogens with zero attached hydrogens (tertiary/aromatic N) is 4. The zero-order valence-electron chi connectivity index (χ0n) is 16.4. The predicted octanol–water partition coefficient (Wildman–Crippen LogP) is 2.70. The molecule has 2 aromatic rings. The van der Waals surface area contributed by atoms with Crippen molar-refractivity contribution in [2.75, 3.05) is 20.6 Å². The molecule has 0 atom stereocenters. The largest absolute Gasteiger partial charge is 0.485 e. The Balaban J connectivity index is 1.65. The van der Waals surface area contributed by atoms with E-state index in [4.69, 9.17) is 4.74 Å². The van der Waals surface area contributed by atoms with Gasteiger partial charge in [-0.15, -0.1) is 0 Å². The lowest BCUT2D eigenvalue weighted by Gasteiger charge is -2.42. The molecule has 1 fully saturated rings. The summed E-state index contributed by atoms with van der Waals surface area (Å²) in [6.45, 7) is 1.19. The van der Waals surface area contributed by atoms with Crippen molar-refractivity contribution in [1.82, 2.24) is 19.6 Å². The Bertz CT molecular complexity index is 821. The average molecular weight is 368 g/mol. The van der Waals surface area contributed by atoms with Crippen LogP contribution in [0.5, 0.6) is 5.75 Å². The zero-order chi connectivity index (χ0) is 19.0. The molecule has 0 N–H and O–H groups in total. The normalized spacial score (nSPS) is 25.2. The summed E-state index contributed by atoms with van der Waals surface area (Å²) in [5.74, 6) is 0.936. The highest BCUT2D eigenvalue weighted by atomic mass is 16.5. The minimum atomic E-state index is -0.312. The van der Waals surface area contributed by atoms with Gasteiger partial charge in [0, 0.05) is 31.4 Å². The van der Waals surface area contributed by atoms with Crippen LogP contribution in [0, 0.1) is 0 Å². The molecule has 1 aliphatic heterocycles. The van der Waals surface area contributed by atoms with Crippen LogP contribution in [0.25, 0.3) is 0 Å². The van der Waals surface area contributed by atoms with Crippen molar-refractivity contribution < 1.29 is 9.53 Å². The van der Waals surface area contributed by atoms with Crippen LogP contribution >= 0.6 is 0 Å². The fourth-order valence-electron chi connectivity index (χ4n) is 4.40. The number of hydrogen-bond acceptors (Lipinski definition) is 4. The van der Waals surface area contributed by atoms with Crippen LogP contribution in [0.3, 0.4) is 0 Å². The maximum Gasteiger partial charge on any atom is 0.272 e. The highest BCUT2D eigenvalue weighted by Crippen LogP contribution is 2.39. The fraction of sp³-hybridized carbons (Fsp3) is 0.524. The highest BCUT2D eigenvalue weighted by Gasteiger charge is 2.43. The Hall–Kier alpha value is -2.34. The molecule has 0 bridgehead atoms. The van der Waals surface area contributed by atoms with Crippen LogP contribution in [-0.2, 0) is 13.6 Å². The number of para-hydroxylation sites is 1. The van der Waals surface area contributed by atoms with Gasteiger partial charge in [-0.25, -0.2) is 0 Å². The Kier molecular flexibility index (Phi) is 4.68. The van der Waals surface area contributed by atoms with Crippen molar-refractivity contribution in [2.24, 2.45) is 7.05 Å². The van der Waals surface area contributed by atoms with Gasteiger partial charge in [-0.3, -0.25) is 9.48 Å². The quantitative estimate of drug-likeness (QED) is 0.818. The average Bonchev–Trinajstić information content (AvgIpc) is 3.01. The lowest BCUT2D eigenvalue weighted by Crippen LogP contribution is -2.51. The van der Waals surface area contributed by atoms with E-state index in [2.05, 4.69) is 30.2 Å². The van der Waals surface area contributed by atoms with Crippen molar-refractivity contribution in [2.45, 2.75) is 43.9 Å². The van der Waals surface area contributed by atoms with Gasteiger partial charge in [-0.1, -0.05) is 18.2 Å². The molecule has 27 heavy (non-hydrogen) atoms. The first-order chi connectivity index (χ1) is 13.0. The van der Waals surface area contributed by atoms with Gasteiger partial charge in [0.05, 0.1) is 6.54 Å². The van der Waals surface area contributed by atoms with Gasteiger partial charge >= 0.3 is 0 Å². The van der Waals surface area contributed by atoms with E-state index in [1.165, 1.54) is 0 Å². The van der Waals surface area contributed by atoms with Crippen LogP contribution in [0.2, 0.25) is 0 Å². The zero-order valence-corrected chi connectivity index (χ0v) is 16.4. The van der Waals surface area contributed by atoms with Crippen LogP contribution in [0.4, 0.5) is 0 Å². The number of aryl methyl sites for hydroxylation is 1. The first kappa shape index (κ1) is 18.0. The third-order valence-electron chi connectivity index (χ3n) is 6.06. The van der Waals surface area contributed by atoms with Gasteiger partial charge in [0.1, 0.15) is 17.0 Å². The molecule has 6 heteroatoms. The number of hydrogen-bond donors (Lipinski definition) is 0. The molecule has 4 rings (SSSR count). The molecule has 144 valence electrons. The molecule has 1 amide bonds. The second kappa shape index (κ2) is 7.00. The summed E-state index contributed by atoms with van der Waals surface area (Å²) in [4.78, 5) is 17.5. The molecular formula is C21H28N4O2. The molecule has 6 nitrogen and oxygen atoms in total. The summed E-state index contributed by atoms with van der Waals surface area (Å²) < 4.78 is 8.26. The van der Waals surface area contributed by atoms with E-state index >= 15 is 0 Å². The van der Waals surface area contributed by atoms with E-state index in [-0.39, 0.29) is 11.5 Å². The summed E-state index contributed by atoms with van der Waals surface area (Å²) in [5.41, 5.74) is 1.37. The number of benzene rings is 1. The van der Waals surface area contributed by atoms with Gasteiger partial charge in [0.25, 0.3) is 5.91 Å². The van der Waals surface area contributed by atoms with E-state index in [1.54, 1.807) is 16.9 Å². The number of aromatic nitrogens is 2. The van der Waals surface area contributed by atoms with E-state index in [1.807, 2.05) is 30.1 Å². The van der Waals surface area contributed by atoms with Gasteiger partial charge in [-0.2, -0.15) is 5.10 Å². The Labute approximate surface area is 160 Å². The maximum absolute atomic E-state index is 13.2. The first-order valence-electron chi connectivity index (χ1n) is 9.68. The number of ether oxygens (including phenoxy) is 1. The number of carbonyl (C=O) groups excluding carboxylic acids is 1. The van der Waals surface area contributed by atoms with Crippen molar-refractivity contribution in [3.63, 3.8) is 0 Å². The van der Waals surface area contributed by atoms with Gasteiger partial charge in [0.2, 0.25) is 0 Å². The third kappa shape index (κ3) is 3.46. The molecule has 1 aromatic carbocycles. The van der Waals surface area contributed by atoms with Gasteiger partial charge in [-0.05, 0) is 51.9 Å². The smallest absolute Gasteiger partial charge is 0.272 e. The number of carbonyl (C=O) groups is 1. The van der Waals surface area contributed by atoms with Gasteiger partial charge in [0.15, 0.2) is 0 Å². The molecular weight excluding hydrogens is 340 g/mol. The summed E-state index contributed by atoms with van der Waals surface area (Å²) in [5, 5.41) is 4.17. The molecule has 1 aliphatic carbocycles. The molecule has 1 spiro atoms. The molecule has 1 aromatic heterocycles. The van der Waals surface area contributed by atoms with Crippen molar-refractivity contribution in [3.8, 4) is 5.75 Å². The summed E-state index contributed by atoms with van der Waals surface area (Å²) in [6, 6.07) is 10.5. The molecule has 0 unspecified atom stereocenters. The monoisotopic (exact) mass is 368 g/mol. The fourth-order valence-corrected chi connectivity index (χ4v) is 4.40. The van der Waals surface area contributed by atoms with Gasteiger partial charge < -0.3 is 14.5 Å². The standard InChI is InChI=1S/C21H28N4O2/c1-23(2)17-8-11-21(12-9-17)15-25(20(26)18-10-13-22-24(18)3)14-16-6-4-5-7-19(16)27-21/h4-7,10,13,17H,8-9,11-12,14-15H2,1-3H3. The van der Waals surface area contributed by atoms with E-state index in [9.17, 15) is 4.79 Å². The minimum absolute atomic E-state index is 0.0180. The van der Waals surface area contributed by atoms with Crippen LogP contribution in [0.15, 0.2) is 36.5 Å². The Morgan fingerprint density at radius 1 is 1.22 bits per heavy atom. The van der Waals surface area contributed by atoms with Crippen molar-refractivity contribution >= 4 is 5.91 Å². The van der Waals surface area contributed by atoms with Crippen LogP contribution in [0.1, 0.15) is 41.7 Å². The van der Waals surface area contributed by atoms with Crippen molar-refractivity contribution in [3.05, 3.63) is 47.8 Å². The lowest BCUT2D eigenvalue weighted by molar-refractivity contribution is -0.00950. The summed E-state index contributed by atoms with van der Waals surface area (Å²) in [7, 11) is 6.10. The molecule has 2 heterocycles. The predicted molar refractivity (Wildman–Crippen MR) is 104 cm³/mol. The number of fused-ring (bicyclic) bond motifs is 1. The Morgan fingerprint density at radius 2 is 1.96 bits per heavy atom. The second-order valence-electron chi connectivity index (χ2n) is 8.09. The van der Waals surface area contributed by atoms with Crippen molar-refractivity contribution in [1.29, 1.82) is 0 Å². The second-order valence-corrected chi connectivity index (χ2v) is 8.09. The SMILES string of the molecule is CN(C)C1CCC2(CC1)CN(C(=O)c1ccnn1C)Cc1ccccc1O2. The maximum atomic E-state index is 13.2. The molecule has 0 saturated heterocycles. The highest BCUT2D eigenvalue weighted by molar-refractivity contribution is 5.92.